The van der Waals surface area contributed by atoms with Crippen molar-refractivity contribution >= 4 is 5.91 Å². The molecule has 110 valence electrons. The first-order valence-electron chi connectivity index (χ1n) is 6.88. The second kappa shape index (κ2) is 6.24. The predicted octanol–water partition coefficient (Wildman–Crippen LogP) is 0.487. The molecule has 3 N–H and O–H groups in total. The molecule has 1 heterocycles. The van der Waals surface area contributed by atoms with E-state index in [9.17, 15) is 15.0 Å². The summed E-state index contributed by atoms with van der Waals surface area (Å²) >= 11 is 0. The highest BCUT2D eigenvalue weighted by molar-refractivity contribution is 5.80. The summed E-state index contributed by atoms with van der Waals surface area (Å²) < 4.78 is 5.59. The molecule has 1 unspecified atom stereocenters. The van der Waals surface area contributed by atoms with Gasteiger partial charge in [-0.25, -0.2) is 0 Å². The van der Waals surface area contributed by atoms with Gasteiger partial charge in [-0.05, 0) is 24.5 Å². The minimum Gasteiger partial charge on any atom is -0.492 e. The molecule has 0 bridgehead atoms. The van der Waals surface area contributed by atoms with Gasteiger partial charge in [0, 0.05) is 0 Å². The summed E-state index contributed by atoms with van der Waals surface area (Å²) in [5.74, 6) is 0.334. The quantitative estimate of drug-likeness (QED) is 0.733. The third-order valence-electron chi connectivity index (χ3n) is 3.92. The minimum absolute atomic E-state index is 0.190. The van der Waals surface area contributed by atoms with E-state index in [0.29, 0.717) is 19.4 Å². The first-order valence-corrected chi connectivity index (χ1v) is 6.88. The van der Waals surface area contributed by atoms with Gasteiger partial charge in [0.15, 0.2) is 0 Å². The van der Waals surface area contributed by atoms with Crippen molar-refractivity contribution in [3.05, 3.63) is 29.8 Å². The number of carbonyl (C=O) groups excluding carboxylic acids is 1. The summed E-state index contributed by atoms with van der Waals surface area (Å²) in [6, 6.07) is 7.65. The Bertz CT molecular complexity index is 462. The molecule has 0 saturated heterocycles. The molecule has 1 aliphatic heterocycles. The number of rotatable bonds is 5. The zero-order valence-corrected chi connectivity index (χ0v) is 11.6. The molecule has 1 aliphatic rings. The van der Waals surface area contributed by atoms with Crippen molar-refractivity contribution in [2.24, 2.45) is 5.92 Å². The number of nitrogens with one attached hydrogen (secondary N) is 1. The molecule has 5 nitrogen and oxygen atoms in total. The molecule has 20 heavy (non-hydrogen) atoms. The van der Waals surface area contributed by atoms with Gasteiger partial charge >= 0.3 is 0 Å². The predicted molar refractivity (Wildman–Crippen MR) is 74.5 cm³/mol. The standard InChI is InChI=1S/C15H21NO4/c1-2-15(9-17,10-18)16-14(19)12-7-11-5-3-4-6-13(11)20-8-12/h3-6,12,17-18H,2,7-10H2,1H3,(H,16,19). The molecule has 5 heteroatoms. The van der Waals surface area contributed by atoms with Crippen LogP contribution in [0.3, 0.4) is 0 Å². The highest BCUT2D eigenvalue weighted by Gasteiger charge is 2.33. The molecule has 0 saturated carbocycles. The van der Waals surface area contributed by atoms with E-state index in [0.717, 1.165) is 11.3 Å². The number of ether oxygens (including phenoxy) is 1. The van der Waals surface area contributed by atoms with Crippen LogP contribution in [0.25, 0.3) is 0 Å². The van der Waals surface area contributed by atoms with E-state index in [4.69, 9.17) is 4.74 Å². The number of carbonyl (C=O) groups is 1. The zero-order chi connectivity index (χ0) is 14.6. The lowest BCUT2D eigenvalue weighted by Gasteiger charge is -2.33. The molecule has 1 amide bonds. The summed E-state index contributed by atoms with van der Waals surface area (Å²) in [5.41, 5.74) is 0.0580. The van der Waals surface area contributed by atoms with Gasteiger partial charge in [-0.1, -0.05) is 25.1 Å². The smallest absolute Gasteiger partial charge is 0.227 e. The number of aliphatic hydroxyl groups is 2. The average Bonchev–Trinajstić information content (AvgIpc) is 2.52. The number of fused-ring (bicyclic) bond motifs is 1. The van der Waals surface area contributed by atoms with Gasteiger partial charge in [0.25, 0.3) is 0 Å². The number of hydrogen-bond acceptors (Lipinski definition) is 4. The molecule has 2 rings (SSSR count). The van der Waals surface area contributed by atoms with Crippen LogP contribution in [0.2, 0.25) is 0 Å². The molecule has 1 atom stereocenters. The average molecular weight is 279 g/mol. The van der Waals surface area contributed by atoms with E-state index < -0.39 is 5.54 Å². The fourth-order valence-electron chi connectivity index (χ4n) is 2.30. The maximum Gasteiger partial charge on any atom is 0.227 e. The highest BCUT2D eigenvalue weighted by atomic mass is 16.5. The van der Waals surface area contributed by atoms with E-state index in [-0.39, 0.29) is 25.0 Å². The van der Waals surface area contributed by atoms with Gasteiger partial charge in [-0.2, -0.15) is 0 Å². The maximum atomic E-state index is 12.3. The second-order valence-corrected chi connectivity index (χ2v) is 5.26. The van der Waals surface area contributed by atoms with Crippen LogP contribution in [0.4, 0.5) is 0 Å². The van der Waals surface area contributed by atoms with Gasteiger partial charge < -0.3 is 20.3 Å². The molecule has 0 aliphatic carbocycles. The molecule has 1 aromatic carbocycles. The monoisotopic (exact) mass is 279 g/mol. The van der Waals surface area contributed by atoms with E-state index in [1.54, 1.807) is 0 Å². The Labute approximate surface area is 118 Å². The van der Waals surface area contributed by atoms with Crippen LogP contribution >= 0.6 is 0 Å². The summed E-state index contributed by atoms with van der Waals surface area (Å²) in [6.45, 7) is 1.57. The van der Waals surface area contributed by atoms with Crippen molar-refractivity contribution in [1.29, 1.82) is 0 Å². The fourth-order valence-corrected chi connectivity index (χ4v) is 2.30. The van der Waals surface area contributed by atoms with Crippen molar-refractivity contribution < 1.29 is 19.7 Å². The van der Waals surface area contributed by atoms with Crippen LogP contribution in [-0.2, 0) is 11.2 Å². The zero-order valence-electron chi connectivity index (χ0n) is 11.6. The maximum absolute atomic E-state index is 12.3. The lowest BCUT2D eigenvalue weighted by Crippen LogP contribution is -2.56. The van der Waals surface area contributed by atoms with Crippen LogP contribution in [0, 0.1) is 5.92 Å². The summed E-state index contributed by atoms with van der Waals surface area (Å²) in [7, 11) is 0. The number of amides is 1. The van der Waals surface area contributed by atoms with Crippen molar-refractivity contribution in [3.8, 4) is 5.75 Å². The molecule has 1 aromatic rings. The number of benzene rings is 1. The van der Waals surface area contributed by atoms with Gasteiger partial charge in [0.05, 0.1) is 24.7 Å². The van der Waals surface area contributed by atoms with Gasteiger partial charge in [-0.3, -0.25) is 4.79 Å². The number of hydrogen-bond donors (Lipinski definition) is 3. The van der Waals surface area contributed by atoms with Crippen LogP contribution in [0.5, 0.6) is 5.75 Å². The highest BCUT2D eigenvalue weighted by Crippen LogP contribution is 2.27. The van der Waals surface area contributed by atoms with Crippen LogP contribution < -0.4 is 10.1 Å². The van der Waals surface area contributed by atoms with Crippen LogP contribution in [0.15, 0.2) is 24.3 Å². The SMILES string of the molecule is CCC(CO)(CO)NC(=O)C1COc2ccccc2C1. The van der Waals surface area contributed by atoms with Crippen LogP contribution in [0.1, 0.15) is 18.9 Å². The van der Waals surface area contributed by atoms with Gasteiger partial charge in [0.2, 0.25) is 5.91 Å². The Balaban J connectivity index is 2.05. The largest absolute Gasteiger partial charge is 0.492 e. The second-order valence-electron chi connectivity index (χ2n) is 5.26. The molecule has 0 aromatic heterocycles. The van der Waals surface area contributed by atoms with Crippen molar-refractivity contribution in [3.63, 3.8) is 0 Å². The fraction of sp³-hybridized carbons (Fsp3) is 0.533. The lowest BCUT2D eigenvalue weighted by molar-refractivity contribution is -0.129. The topological polar surface area (TPSA) is 78.8 Å². The molecule has 0 radical (unpaired) electrons. The Kier molecular flexibility index (Phi) is 4.62. The molecular formula is C15H21NO4. The van der Waals surface area contributed by atoms with E-state index >= 15 is 0 Å². The number of para-hydroxylation sites is 1. The molecule has 0 fully saturated rings. The van der Waals surface area contributed by atoms with E-state index in [1.165, 1.54) is 0 Å². The van der Waals surface area contributed by atoms with E-state index in [2.05, 4.69) is 5.32 Å². The Morgan fingerprint density at radius 2 is 2.10 bits per heavy atom. The summed E-state index contributed by atoms with van der Waals surface area (Å²) in [6.07, 6.45) is 1.08. The van der Waals surface area contributed by atoms with Crippen molar-refractivity contribution in [1.82, 2.24) is 5.32 Å². The van der Waals surface area contributed by atoms with Gasteiger partial charge in [-0.15, -0.1) is 0 Å². The first kappa shape index (κ1) is 14.8. The minimum atomic E-state index is -0.950. The Hall–Kier alpha value is -1.59. The Morgan fingerprint density at radius 3 is 2.75 bits per heavy atom. The number of aliphatic hydroxyl groups excluding tert-OH is 2. The van der Waals surface area contributed by atoms with Gasteiger partial charge in [0.1, 0.15) is 12.4 Å². The molecular weight excluding hydrogens is 258 g/mol. The first-order chi connectivity index (χ1) is 9.64. The normalized spacial score (nSPS) is 18.1. The third-order valence-corrected chi connectivity index (χ3v) is 3.92. The summed E-state index contributed by atoms with van der Waals surface area (Å²) in [5, 5.41) is 21.5. The van der Waals surface area contributed by atoms with Crippen molar-refractivity contribution in [2.45, 2.75) is 25.3 Å². The summed E-state index contributed by atoms with van der Waals surface area (Å²) in [4.78, 5) is 12.3. The van der Waals surface area contributed by atoms with E-state index in [1.807, 2.05) is 31.2 Å². The molecule has 0 spiro atoms. The third kappa shape index (κ3) is 2.94. The van der Waals surface area contributed by atoms with Crippen LogP contribution in [-0.4, -0.2) is 41.5 Å². The lowest BCUT2D eigenvalue weighted by atomic mass is 9.93. The van der Waals surface area contributed by atoms with Crippen molar-refractivity contribution in [2.75, 3.05) is 19.8 Å². The Morgan fingerprint density at radius 1 is 1.40 bits per heavy atom.